The molecule has 3 fully saturated rings. The molecule has 39 heavy (non-hydrogen) atoms. The van der Waals surface area contributed by atoms with Gasteiger partial charge in [0.2, 0.25) is 5.91 Å². The molecule has 3 aliphatic rings. The van der Waals surface area contributed by atoms with Crippen LogP contribution in [0.15, 0.2) is 42.5 Å². The van der Waals surface area contributed by atoms with Crippen LogP contribution in [0.2, 0.25) is 0 Å². The first-order valence-electron chi connectivity index (χ1n) is 12.2. The zero-order valence-electron chi connectivity index (χ0n) is 20.1. The van der Waals surface area contributed by atoms with Crippen molar-refractivity contribution in [3.63, 3.8) is 0 Å². The first kappa shape index (κ1) is 26.9. The Morgan fingerprint density at radius 1 is 0.949 bits per heavy atom. The highest BCUT2D eigenvalue weighted by Gasteiger charge is 2.57. The largest absolute Gasteiger partial charge is 0.471 e. The second-order valence-corrected chi connectivity index (χ2v) is 10.1. The number of carbonyl (C=O) groups excluding carboxylic acids is 3. The normalized spacial score (nSPS) is 23.2. The number of halogens is 7. The minimum atomic E-state index is -5.18. The monoisotopic (exact) mass is 557 g/mol. The second-order valence-electron chi connectivity index (χ2n) is 10.1. The van der Waals surface area contributed by atoms with Gasteiger partial charge in [0, 0.05) is 11.6 Å². The van der Waals surface area contributed by atoms with Gasteiger partial charge in [-0.05, 0) is 61.8 Å². The fourth-order valence-corrected chi connectivity index (χ4v) is 5.18. The third kappa shape index (κ3) is 5.44. The molecular formula is C26H22F7N3O3. The maximum absolute atomic E-state index is 14.7. The topological polar surface area (TPSA) is 78.5 Å². The summed E-state index contributed by atoms with van der Waals surface area (Å²) in [6.45, 7) is 0. The zero-order chi connectivity index (χ0) is 28.3. The van der Waals surface area contributed by atoms with Crippen LogP contribution in [0.4, 0.5) is 36.4 Å². The number of nitrogens with zero attached hydrogens (tertiary/aromatic N) is 1. The van der Waals surface area contributed by atoms with E-state index in [-0.39, 0.29) is 41.1 Å². The van der Waals surface area contributed by atoms with Gasteiger partial charge < -0.3 is 15.5 Å². The Morgan fingerprint density at radius 2 is 1.64 bits per heavy atom. The van der Waals surface area contributed by atoms with E-state index in [1.165, 1.54) is 23.1 Å². The number of amides is 3. The van der Waals surface area contributed by atoms with Gasteiger partial charge in [0.1, 0.15) is 11.9 Å². The van der Waals surface area contributed by atoms with E-state index in [0.717, 1.165) is 18.2 Å². The van der Waals surface area contributed by atoms with Crippen molar-refractivity contribution in [3.05, 3.63) is 65.0 Å². The number of piperidine rings is 1. The van der Waals surface area contributed by atoms with Gasteiger partial charge in [0.15, 0.2) is 0 Å². The fourth-order valence-electron chi connectivity index (χ4n) is 5.18. The summed E-state index contributed by atoms with van der Waals surface area (Å²) in [5.41, 5.74) is -1.85. The molecule has 2 aromatic carbocycles. The van der Waals surface area contributed by atoms with E-state index in [0.29, 0.717) is 25.3 Å². The summed E-state index contributed by atoms with van der Waals surface area (Å²) < 4.78 is 92.1. The van der Waals surface area contributed by atoms with E-state index in [2.05, 4.69) is 5.32 Å². The molecule has 0 spiro atoms. The Labute approximate surface area is 217 Å². The molecule has 2 saturated carbocycles. The van der Waals surface area contributed by atoms with Gasteiger partial charge in [-0.1, -0.05) is 18.2 Å². The van der Waals surface area contributed by atoms with Gasteiger partial charge in [-0.25, -0.2) is 4.39 Å². The summed E-state index contributed by atoms with van der Waals surface area (Å²) in [5.74, 6) is -4.96. The highest BCUT2D eigenvalue weighted by atomic mass is 19.4. The van der Waals surface area contributed by atoms with E-state index in [9.17, 15) is 45.1 Å². The molecule has 0 bridgehead atoms. The Kier molecular flexibility index (Phi) is 6.58. The van der Waals surface area contributed by atoms with Crippen LogP contribution in [0.3, 0.4) is 0 Å². The quantitative estimate of drug-likeness (QED) is 0.479. The summed E-state index contributed by atoms with van der Waals surface area (Å²) in [4.78, 5) is 39.6. The molecule has 0 unspecified atom stereocenters. The van der Waals surface area contributed by atoms with Crippen molar-refractivity contribution in [2.24, 2.45) is 11.8 Å². The molecule has 1 heterocycles. The lowest BCUT2D eigenvalue weighted by atomic mass is 9.98. The minimum absolute atomic E-state index is 0.0104. The molecule has 4 atom stereocenters. The summed E-state index contributed by atoms with van der Waals surface area (Å²) in [7, 11) is 0. The lowest BCUT2D eigenvalue weighted by molar-refractivity contribution is -0.167. The SMILES string of the molecule is O=C(N[C@@H](c1ccc(C(F)(F)F)cc1F)C1CC1)[C@H]1C[C@H]2C[C@H]2N1C(=O)c1ccccc1NC(=O)C(F)(F)F. The molecule has 6 nitrogen and oxygen atoms in total. The second kappa shape index (κ2) is 9.53. The van der Waals surface area contributed by atoms with Crippen molar-refractivity contribution in [1.29, 1.82) is 0 Å². The predicted octanol–water partition coefficient (Wildman–Crippen LogP) is 5.22. The summed E-state index contributed by atoms with van der Waals surface area (Å²) >= 11 is 0. The van der Waals surface area contributed by atoms with Gasteiger partial charge >= 0.3 is 18.3 Å². The zero-order valence-corrected chi connectivity index (χ0v) is 20.1. The van der Waals surface area contributed by atoms with E-state index in [1.54, 1.807) is 5.32 Å². The molecule has 208 valence electrons. The van der Waals surface area contributed by atoms with Crippen LogP contribution >= 0.6 is 0 Å². The van der Waals surface area contributed by atoms with Crippen molar-refractivity contribution in [2.75, 3.05) is 5.32 Å². The highest BCUT2D eigenvalue weighted by molar-refractivity contribution is 6.06. The molecule has 1 saturated heterocycles. The van der Waals surface area contributed by atoms with Crippen LogP contribution in [0.25, 0.3) is 0 Å². The smallest absolute Gasteiger partial charge is 0.347 e. The molecule has 5 rings (SSSR count). The highest BCUT2D eigenvalue weighted by Crippen LogP contribution is 2.49. The summed E-state index contributed by atoms with van der Waals surface area (Å²) in [5, 5.41) is 4.40. The Morgan fingerprint density at radius 3 is 2.26 bits per heavy atom. The van der Waals surface area contributed by atoms with Crippen LogP contribution in [0.1, 0.15) is 53.2 Å². The number of hydrogen-bond donors (Lipinski definition) is 2. The fraction of sp³-hybridized carbons (Fsp3) is 0.423. The van der Waals surface area contributed by atoms with Crippen molar-refractivity contribution >= 4 is 23.4 Å². The van der Waals surface area contributed by atoms with Gasteiger partial charge in [0.25, 0.3) is 5.91 Å². The van der Waals surface area contributed by atoms with E-state index in [4.69, 9.17) is 0 Å². The van der Waals surface area contributed by atoms with Crippen molar-refractivity contribution < 1.29 is 45.1 Å². The molecule has 13 heteroatoms. The maximum atomic E-state index is 14.7. The van der Waals surface area contributed by atoms with Crippen LogP contribution < -0.4 is 10.6 Å². The van der Waals surface area contributed by atoms with E-state index >= 15 is 0 Å². The molecule has 0 aromatic heterocycles. The van der Waals surface area contributed by atoms with E-state index < -0.39 is 53.5 Å². The van der Waals surface area contributed by atoms with Crippen LogP contribution in [0, 0.1) is 17.7 Å². The third-order valence-corrected chi connectivity index (χ3v) is 7.36. The average molecular weight is 557 g/mol. The standard InChI is InChI=1S/C26H22F7N3O3/c27-17-11-14(25(28,29)30)7-8-15(17)21(12-5-6-12)35-22(37)20-10-13-9-19(13)36(20)23(38)16-3-1-2-4-18(16)34-24(39)26(31,32)33/h1-4,7-8,11-13,19-21H,5-6,9-10H2,(H,34,39)(H,35,37)/t13-,19-,20-,21-/m1/s1. The number of anilines is 1. The van der Waals surface area contributed by atoms with Crippen molar-refractivity contribution in [1.82, 2.24) is 10.2 Å². The lowest BCUT2D eigenvalue weighted by Gasteiger charge is -2.30. The van der Waals surface area contributed by atoms with Crippen LogP contribution in [0.5, 0.6) is 0 Å². The number of nitrogens with one attached hydrogen (secondary N) is 2. The number of alkyl halides is 6. The number of para-hydroxylation sites is 1. The Hall–Kier alpha value is -3.64. The van der Waals surface area contributed by atoms with Gasteiger partial charge in [-0.2, -0.15) is 26.3 Å². The number of benzene rings is 2. The van der Waals surface area contributed by atoms with Crippen LogP contribution in [-0.4, -0.2) is 40.9 Å². The molecular weight excluding hydrogens is 535 g/mol. The maximum Gasteiger partial charge on any atom is 0.471 e. The third-order valence-electron chi connectivity index (χ3n) is 7.36. The average Bonchev–Trinajstić information content (AvgIpc) is 3.79. The molecule has 2 aliphatic carbocycles. The van der Waals surface area contributed by atoms with Gasteiger partial charge in [-0.3, -0.25) is 14.4 Å². The first-order chi connectivity index (χ1) is 18.3. The van der Waals surface area contributed by atoms with Gasteiger partial charge in [0.05, 0.1) is 22.9 Å². The molecule has 1 aliphatic heterocycles. The number of likely N-dealkylation sites (tertiary alicyclic amines) is 1. The molecule has 2 aromatic rings. The summed E-state index contributed by atoms with van der Waals surface area (Å²) in [6.07, 6.45) is -7.82. The minimum Gasteiger partial charge on any atom is -0.347 e. The van der Waals surface area contributed by atoms with E-state index in [1.807, 2.05) is 0 Å². The summed E-state index contributed by atoms with van der Waals surface area (Å²) in [6, 6.07) is 4.98. The number of fused-ring (bicyclic) bond motifs is 1. The van der Waals surface area contributed by atoms with Crippen LogP contribution in [-0.2, 0) is 15.8 Å². The predicted molar refractivity (Wildman–Crippen MR) is 123 cm³/mol. The van der Waals surface area contributed by atoms with Gasteiger partial charge in [-0.15, -0.1) is 0 Å². The molecule has 2 N–H and O–H groups in total. The molecule has 3 amide bonds. The molecule has 0 radical (unpaired) electrons. The Balaban J connectivity index is 1.37. The Bertz CT molecular complexity index is 1320. The number of carbonyl (C=O) groups is 3. The lowest BCUT2D eigenvalue weighted by Crippen LogP contribution is -2.49. The first-order valence-corrected chi connectivity index (χ1v) is 12.2. The number of hydrogen-bond acceptors (Lipinski definition) is 3. The van der Waals surface area contributed by atoms with Crippen molar-refractivity contribution in [2.45, 2.75) is 56.2 Å². The van der Waals surface area contributed by atoms with Crippen molar-refractivity contribution in [3.8, 4) is 0 Å². The number of rotatable bonds is 6.